The monoisotopic (exact) mass is 623 g/mol. The van der Waals surface area contributed by atoms with Crippen molar-refractivity contribution in [1.29, 1.82) is 0 Å². The summed E-state index contributed by atoms with van der Waals surface area (Å²) in [5.74, 6) is -7.01. The van der Waals surface area contributed by atoms with Gasteiger partial charge >= 0.3 is 5.97 Å². The van der Waals surface area contributed by atoms with Crippen LogP contribution in [0, 0.1) is 17.8 Å². The Morgan fingerprint density at radius 1 is 1.00 bits per heavy atom. The smallest absolute Gasteiger partial charge is 0.329 e. The molecule has 0 bridgehead atoms. The summed E-state index contributed by atoms with van der Waals surface area (Å²) in [6, 6.07) is -1.03. The molecule has 0 radical (unpaired) electrons. The molecule has 0 aliphatic carbocycles. The van der Waals surface area contributed by atoms with Crippen molar-refractivity contribution in [1.82, 2.24) is 4.90 Å². The molecule has 0 aromatic heterocycles. The molecule has 2 aliphatic rings. The van der Waals surface area contributed by atoms with Crippen molar-refractivity contribution in [3.8, 4) is 0 Å². The van der Waals surface area contributed by atoms with Gasteiger partial charge in [0.1, 0.15) is 12.1 Å². The highest BCUT2D eigenvalue weighted by Gasteiger charge is 2.48. The molecule has 44 heavy (non-hydrogen) atoms. The number of amides is 1. The third-order valence-electron chi connectivity index (χ3n) is 9.34. The van der Waals surface area contributed by atoms with Gasteiger partial charge in [-0.15, -0.1) is 0 Å². The zero-order valence-electron chi connectivity index (χ0n) is 27.9. The second kappa shape index (κ2) is 17.5. The van der Waals surface area contributed by atoms with Gasteiger partial charge in [-0.25, -0.2) is 4.79 Å². The lowest BCUT2D eigenvalue weighted by Crippen LogP contribution is -2.58. The second-order valence-corrected chi connectivity index (χ2v) is 13.4. The topological polar surface area (TPSA) is 143 Å². The van der Waals surface area contributed by atoms with Gasteiger partial charge in [-0.3, -0.25) is 9.59 Å². The van der Waals surface area contributed by atoms with E-state index in [2.05, 4.69) is 26.5 Å². The quantitative estimate of drug-likeness (QED) is 0.183. The number of hydrogen-bond acceptors (Lipinski definition) is 9. The van der Waals surface area contributed by atoms with Crippen LogP contribution in [0.4, 0.5) is 0 Å². The summed E-state index contributed by atoms with van der Waals surface area (Å²) in [5, 5.41) is 32.7. The molecule has 1 saturated heterocycles. The zero-order chi connectivity index (χ0) is 33.2. The molecule has 0 aromatic rings. The molecule has 0 spiro atoms. The summed E-state index contributed by atoms with van der Waals surface area (Å²) in [5.41, 5.74) is 1.81. The van der Waals surface area contributed by atoms with E-state index in [1.54, 1.807) is 14.0 Å². The lowest BCUT2D eigenvalue weighted by atomic mass is 9.87. The van der Waals surface area contributed by atoms with Crippen LogP contribution in [0.25, 0.3) is 0 Å². The first-order chi connectivity index (χ1) is 20.6. The van der Waals surface area contributed by atoms with Gasteiger partial charge in [-0.1, -0.05) is 39.0 Å². The van der Waals surface area contributed by atoms with E-state index >= 15 is 0 Å². The Balaban J connectivity index is 2.40. The number of ether oxygens (including phenoxy) is 3. The molecule has 3 N–H and O–H groups in total. The molecular weight excluding hydrogens is 566 g/mol. The van der Waals surface area contributed by atoms with Crippen molar-refractivity contribution in [2.24, 2.45) is 17.8 Å². The number of cyclic esters (lactones) is 1. The van der Waals surface area contributed by atoms with Crippen LogP contribution in [0.15, 0.2) is 23.8 Å². The number of allylic oxidation sites excluding steroid dienone is 1. The van der Waals surface area contributed by atoms with Gasteiger partial charge in [0, 0.05) is 26.7 Å². The van der Waals surface area contributed by atoms with Crippen LogP contribution in [-0.4, -0.2) is 94.9 Å². The van der Waals surface area contributed by atoms with E-state index in [1.165, 1.54) is 19.6 Å². The van der Waals surface area contributed by atoms with Crippen molar-refractivity contribution < 1.29 is 43.9 Å². The third-order valence-corrected chi connectivity index (χ3v) is 9.34. The molecule has 2 aliphatic heterocycles. The first-order valence-electron chi connectivity index (χ1n) is 16.2. The average molecular weight is 624 g/mol. The van der Waals surface area contributed by atoms with Crippen molar-refractivity contribution in [2.75, 3.05) is 20.8 Å². The van der Waals surface area contributed by atoms with E-state index in [0.29, 0.717) is 50.5 Å². The number of aliphatic hydroxyl groups excluding tert-OH is 1. The molecule has 0 saturated carbocycles. The summed E-state index contributed by atoms with van der Waals surface area (Å²) >= 11 is 0. The van der Waals surface area contributed by atoms with Gasteiger partial charge in [-0.05, 0) is 95.5 Å². The normalized spacial score (nSPS) is 35.6. The third kappa shape index (κ3) is 10.8. The second-order valence-electron chi connectivity index (χ2n) is 13.4. The van der Waals surface area contributed by atoms with Crippen LogP contribution >= 0.6 is 0 Å². The van der Waals surface area contributed by atoms with E-state index in [9.17, 15) is 29.7 Å². The predicted octanol–water partition coefficient (Wildman–Crippen LogP) is 4.10. The van der Waals surface area contributed by atoms with Gasteiger partial charge < -0.3 is 34.4 Å². The molecule has 1 amide bonds. The lowest BCUT2D eigenvalue weighted by Gasteiger charge is -2.37. The first-order valence-corrected chi connectivity index (χ1v) is 16.2. The standard InChI is InChI=1S/C34H57NO9/c1-21(2)30-24(5)13-15-26(36)14-12-22(3)17-23(4)18-27(42-7)20-28(43-8)19-25(6)34(40,41)31(37)32(38)35-16-10-9-11-29(35)33(39)44-30/h12,23-30,36,40-41H,1,9-11,13-20H2,2-8H3/b22-12+/t23-,24+,25+,26?,27-,28-,29-,30+/m0/s1. The van der Waals surface area contributed by atoms with E-state index < -0.39 is 53.7 Å². The van der Waals surface area contributed by atoms with Crippen molar-refractivity contribution in [2.45, 2.75) is 135 Å². The summed E-state index contributed by atoms with van der Waals surface area (Å²) in [4.78, 5) is 41.3. The molecule has 10 nitrogen and oxygen atoms in total. The maximum absolute atomic E-state index is 13.5. The van der Waals surface area contributed by atoms with Gasteiger partial charge in [-0.2, -0.15) is 0 Å². The summed E-state index contributed by atoms with van der Waals surface area (Å²) in [6.07, 6.45) is 5.52. The van der Waals surface area contributed by atoms with E-state index in [1.807, 2.05) is 6.92 Å². The Hall–Kier alpha value is -2.11. The Kier molecular flexibility index (Phi) is 15.2. The molecule has 10 heteroatoms. The lowest BCUT2D eigenvalue weighted by molar-refractivity contribution is -0.208. The average Bonchev–Trinajstić information content (AvgIpc) is 2.98. The fourth-order valence-corrected chi connectivity index (χ4v) is 6.49. The maximum atomic E-state index is 13.5. The van der Waals surface area contributed by atoms with Crippen LogP contribution in [0.5, 0.6) is 0 Å². The Bertz CT molecular complexity index is 1010. The minimum atomic E-state index is -2.96. The number of aliphatic hydroxyl groups is 3. The molecule has 2 heterocycles. The van der Waals surface area contributed by atoms with Gasteiger partial charge in [0.25, 0.3) is 11.7 Å². The van der Waals surface area contributed by atoms with Gasteiger partial charge in [0.2, 0.25) is 5.79 Å². The van der Waals surface area contributed by atoms with Crippen LogP contribution in [0.1, 0.15) is 98.8 Å². The minimum absolute atomic E-state index is 0.0945. The Morgan fingerprint density at radius 3 is 2.25 bits per heavy atom. The highest BCUT2D eigenvalue weighted by molar-refractivity contribution is 6.39. The van der Waals surface area contributed by atoms with Crippen molar-refractivity contribution in [3.63, 3.8) is 0 Å². The number of carbonyl (C=O) groups excluding carboxylic acids is 3. The number of piperidine rings is 1. The highest BCUT2D eigenvalue weighted by Crippen LogP contribution is 2.30. The van der Waals surface area contributed by atoms with Crippen molar-refractivity contribution >= 4 is 17.7 Å². The summed E-state index contributed by atoms with van der Waals surface area (Å²) in [7, 11) is 3.15. The number of methoxy groups -OCH3 is 2. The van der Waals surface area contributed by atoms with E-state index in [-0.39, 0.29) is 30.9 Å². The minimum Gasteiger partial charge on any atom is -0.456 e. The number of ketones is 1. The van der Waals surface area contributed by atoms with Gasteiger partial charge in [0.05, 0.1) is 18.3 Å². The molecule has 252 valence electrons. The summed E-state index contributed by atoms with van der Waals surface area (Å²) < 4.78 is 17.3. The fraction of sp³-hybridized carbons (Fsp3) is 0.794. The predicted molar refractivity (Wildman–Crippen MR) is 167 cm³/mol. The Labute approximate surface area is 263 Å². The van der Waals surface area contributed by atoms with Gasteiger partial charge in [0.15, 0.2) is 0 Å². The summed E-state index contributed by atoms with van der Waals surface area (Å²) in [6.45, 7) is 13.5. The van der Waals surface area contributed by atoms with Crippen LogP contribution in [0.2, 0.25) is 0 Å². The Morgan fingerprint density at radius 2 is 1.64 bits per heavy atom. The van der Waals surface area contributed by atoms with Crippen LogP contribution in [-0.2, 0) is 28.6 Å². The van der Waals surface area contributed by atoms with Crippen LogP contribution < -0.4 is 0 Å². The first kappa shape index (κ1) is 38.1. The number of carbonyl (C=O) groups is 3. The number of rotatable bonds is 3. The SMILES string of the molecule is C=C(C)[C@H]1OC(=O)[C@@H]2CCCCN2C(=O)C(=O)C(O)(O)[C@H](C)C[C@H](OC)C[C@@H](OC)C[C@@H](C)C/C(C)=C/CC(O)CC[C@H]1C. The van der Waals surface area contributed by atoms with Crippen molar-refractivity contribution in [3.05, 3.63) is 23.8 Å². The van der Waals surface area contributed by atoms with Crippen LogP contribution in [0.3, 0.4) is 0 Å². The number of fused-ring (bicyclic) bond motifs is 1. The molecule has 2 rings (SSSR count). The maximum Gasteiger partial charge on any atom is 0.329 e. The van der Waals surface area contributed by atoms with E-state index in [4.69, 9.17) is 14.2 Å². The largest absolute Gasteiger partial charge is 0.456 e. The molecule has 1 fully saturated rings. The molecular formula is C34H57NO9. The highest BCUT2D eigenvalue weighted by atomic mass is 16.5. The number of esters is 1. The van der Waals surface area contributed by atoms with E-state index in [0.717, 1.165) is 17.7 Å². The number of hydrogen-bond donors (Lipinski definition) is 3. The fourth-order valence-electron chi connectivity index (χ4n) is 6.49. The number of Topliss-reactive ketones (excluding diaryl/α,β-unsaturated/α-hetero) is 1. The zero-order valence-corrected chi connectivity index (χ0v) is 27.9. The molecule has 1 unspecified atom stereocenters. The molecule has 0 aromatic carbocycles. The number of nitrogens with zero attached hydrogens (tertiary/aromatic N) is 1. The molecule has 8 atom stereocenters.